The SMILES string of the molecule is CCCCCc1ccc(-c2ccc(-c3ccc(C(F)(F)Oc4ccc(-c5cc(F)c(OC(F)(F)F)c(F)c5)c(F)c4)c(F)c3)c(F)c2)cc1. The molecule has 0 atom stereocenters. The van der Waals surface area contributed by atoms with E-state index in [2.05, 4.69) is 16.4 Å². The largest absolute Gasteiger partial charge is 0.573 e. The molecule has 0 saturated carbocycles. The number of halogens is 10. The van der Waals surface area contributed by atoms with Gasteiger partial charge >= 0.3 is 12.5 Å². The van der Waals surface area contributed by atoms with Crippen molar-refractivity contribution < 1.29 is 53.4 Å². The topological polar surface area (TPSA) is 18.5 Å². The van der Waals surface area contributed by atoms with Crippen molar-refractivity contribution >= 4 is 0 Å². The number of hydrogen-bond donors (Lipinski definition) is 0. The Labute approximate surface area is 274 Å². The van der Waals surface area contributed by atoms with Crippen LogP contribution in [0.4, 0.5) is 43.9 Å². The van der Waals surface area contributed by atoms with Gasteiger partial charge in [-0.2, -0.15) is 8.78 Å². The minimum Gasteiger partial charge on any atom is -0.429 e. The first-order chi connectivity index (χ1) is 23.1. The molecule has 2 nitrogen and oxygen atoms in total. The lowest BCUT2D eigenvalue weighted by molar-refractivity contribution is -0.276. The van der Waals surface area contributed by atoms with E-state index >= 15 is 17.6 Å². The van der Waals surface area contributed by atoms with Crippen LogP contribution in [0.5, 0.6) is 11.5 Å². The Morgan fingerprint density at radius 2 is 1.06 bits per heavy atom. The van der Waals surface area contributed by atoms with Crippen LogP contribution in [-0.2, 0) is 12.5 Å². The first kappa shape index (κ1) is 35.3. The van der Waals surface area contributed by atoms with Crippen LogP contribution in [0.1, 0.15) is 37.3 Å². The predicted octanol–water partition coefficient (Wildman–Crippen LogP) is 12.1. The smallest absolute Gasteiger partial charge is 0.429 e. The van der Waals surface area contributed by atoms with E-state index in [0.29, 0.717) is 35.9 Å². The molecule has 0 radical (unpaired) electrons. The summed E-state index contributed by atoms with van der Waals surface area (Å²) in [6.45, 7) is 2.12. The van der Waals surface area contributed by atoms with Gasteiger partial charge in [-0.15, -0.1) is 13.2 Å². The third kappa shape index (κ3) is 8.36. The van der Waals surface area contributed by atoms with Crippen molar-refractivity contribution in [2.75, 3.05) is 0 Å². The molecule has 0 fully saturated rings. The van der Waals surface area contributed by atoms with E-state index in [1.54, 1.807) is 6.07 Å². The molecule has 5 aromatic carbocycles. The highest BCUT2D eigenvalue weighted by Crippen LogP contribution is 2.38. The zero-order valence-corrected chi connectivity index (χ0v) is 25.6. The Hall–Kier alpha value is -5.00. The Morgan fingerprint density at radius 3 is 1.65 bits per heavy atom. The molecule has 0 saturated heterocycles. The zero-order chi connectivity index (χ0) is 35.5. The molecule has 0 bridgehead atoms. The van der Waals surface area contributed by atoms with Crippen LogP contribution in [0.25, 0.3) is 33.4 Å². The van der Waals surface area contributed by atoms with Gasteiger partial charge in [0.15, 0.2) is 11.6 Å². The molecular formula is C37H26F10O2. The monoisotopic (exact) mass is 692 g/mol. The van der Waals surface area contributed by atoms with Crippen molar-refractivity contribution in [1.82, 2.24) is 0 Å². The fourth-order valence-electron chi connectivity index (χ4n) is 5.22. The van der Waals surface area contributed by atoms with Crippen LogP contribution in [-0.4, -0.2) is 6.36 Å². The minimum atomic E-state index is -5.40. The van der Waals surface area contributed by atoms with Crippen LogP contribution < -0.4 is 9.47 Å². The van der Waals surface area contributed by atoms with Gasteiger partial charge in [0.2, 0.25) is 5.75 Å². The maximum absolute atomic E-state index is 15.2. The van der Waals surface area contributed by atoms with Crippen molar-refractivity contribution in [3.8, 4) is 44.9 Å². The van der Waals surface area contributed by atoms with E-state index in [4.69, 9.17) is 0 Å². The Morgan fingerprint density at radius 1 is 0.510 bits per heavy atom. The molecule has 256 valence electrons. The summed E-state index contributed by atoms with van der Waals surface area (Å²) < 4.78 is 148. The van der Waals surface area contributed by atoms with Crippen molar-refractivity contribution in [1.29, 1.82) is 0 Å². The highest BCUT2D eigenvalue weighted by atomic mass is 19.4. The first-order valence-corrected chi connectivity index (χ1v) is 15.0. The van der Waals surface area contributed by atoms with E-state index in [9.17, 15) is 26.3 Å². The molecule has 49 heavy (non-hydrogen) atoms. The van der Waals surface area contributed by atoms with Crippen molar-refractivity contribution in [2.24, 2.45) is 0 Å². The lowest BCUT2D eigenvalue weighted by Gasteiger charge is -2.20. The van der Waals surface area contributed by atoms with Gasteiger partial charge in [0.1, 0.15) is 23.2 Å². The second-order valence-corrected chi connectivity index (χ2v) is 11.1. The van der Waals surface area contributed by atoms with Gasteiger partial charge in [-0.05, 0) is 83.1 Å². The second-order valence-electron chi connectivity index (χ2n) is 11.1. The summed E-state index contributed by atoms with van der Waals surface area (Å²) in [6.07, 6.45) is -5.53. The van der Waals surface area contributed by atoms with Crippen molar-refractivity contribution in [3.05, 3.63) is 131 Å². The number of rotatable bonds is 11. The Balaban J connectivity index is 1.31. The number of ether oxygens (including phenoxy) is 2. The lowest BCUT2D eigenvalue weighted by Crippen LogP contribution is -2.23. The summed E-state index contributed by atoms with van der Waals surface area (Å²) in [5.41, 5.74) is 0.0223. The summed E-state index contributed by atoms with van der Waals surface area (Å²) >= 11 is 0. The summed E-state index contributed by atoms with van der Waals surface area (Å²) in [5.74, 6) is -9.67. The van der Waals surface area contributed by atoms with E-state index in [1.165, 1.54) is 12.1 Å². The van der Waals surface area contributed by atoms with Crippen molar-refractivity contribution in [3.63, 3.8) is 0 Å². The van der Waals surface area contributed by atoms with Crippen LogP contribution in [0, 0.1) is 29.1 Å². The fraction of sp³-hybridized carbons (Fsp3) is 0.189. The van der Waals surface area contributed by atoms with Crippen molar-refractivity contribution in [2.45, 2.75) is 45.1 Å². The molecule has 0 heterocycles. The van der Waals surface area contributed by atoms with Gasteiger partial charge in [0.25, 0.3) is 0 Å². The standard InChI is InChI=1S/C37H26F10O2/c1-2-3-4-5-21-6-8-22(9-7-21)23-10-13-27(30(38)16-23)24-11-15-29(32(40)17-24)36(43,44)48-26-12-14-28(31(39)20-26)25-18-33(41)35(34(42)19-25)49-37(45,46)47/h6-20H,2-5H2,1H3. The molecule has 0 aromatic heterocycles. The molecule has 0 N–H and O–H groups in total. The van der Waals surface area contributed by atoms with Gasteiger partial charge in [0, 0.05) is 17.2 Å². The normalized spacial score (nSPS) is 11.9. The zero-order valence-electron chi connectivity index (χ0n) is 25.6. The summed E-state index contributed by atoms with van der Waals surface area (Å²) in [7, 11) is 0. The molecule has 0 aliphatic heterocycles. The third-order valence-corrected chi connectivity index (χ3v) is 7.63. The Bertz CT molecular complexity index is 1930. The average molecular weight is 693 g/mol. The van der Waals surface area contributed by atoms with Crippen LogP contribution in [0.15, 0.2) is 91.0 Å². The fourth-order valence-corrected chi connectivity index (χ4v) is 5.22. The maximum atomic E-state index is 15.2. The minimum absolute atomic E-state index is 0.0334. The predicted molar refractivity (Wildman–Crippen MR) is 163 cm³/mol. The lowest BCUT2D eigenvalue weighted by atomic mass is 9.97. The molecule has 0 aliphatic rings. The molecule has 0 unspecified atom stereocenters. The summed E-state index contributed by atoms with van der Waals surface area (Å²) in [5, 5.41) is 0. The van der Waals surface area contributed by atoms with Crippen LogP contribution in [0.3, 0.4) is 0 Å². The molecular weight excluding hydrogens is 666 g/mol. The van der Waals surface area contributed by atoms with Gasteiger partial charge in [-0.3, -0.25) is 0 Å². The van der Waals surface area contributed by atoms with E-state index in [1.807, 2.05) is 24.3 Å². The van der Waals surface area contributed by atoms with Gasteiger partial charge < -0.3 is 9.47 Å². The molecule has 0 amide bonds. The highest BCUT2D eigenvalue weighted by molar-refractivity contribution is 5.71. The number of benzene rings is 5. The van der Waals surface area contributed by atoms with E-state index in [0.717, 1.165) is 55.0 Å². The number of aryl methyl sites for hydroxylation is 1. The van der Waals surface area contributed by atoms with Gasteiger partial charge in [0.05, 0.1) is 5.56 Å². The molecule has 5 aromatic rings. The second kappa shape index (κ2) is 14.2. The van der Waals surface area contributed by atoms with Crippen LogP contribution in [0.2, 0.25) is 0 Å². The number of hydrogen-bond acceptors (Lipinski definition) is 2. The summed E-state index contributed by atoms with van der Waals surface area (Å²) in [4.78, 5) is 0. The highest BCUT2D eigenvalue weighted by Gasteiger charge is 2.38. The number of alkyl halides is 5. The molecule has 0 aliphatic carbocycles. The van der Waals surface area contributed by atoms with E-state index in [-0.39, 0.29) is 11.1 Å². The van der Waals surface area contributed by atoms with Gasteiger partial charge in [-0.25, -0.2) is 22.0 Å². The maximum Gasteiger partial charge on any atom is 0.573 e. The average Bonchev–Trinajstić information content (AvgIpc) is 3.02. The quantitative estimate of drug-likeness (QED) is 0.101. The Kier molecular flexibility index (Phi) is 10.3. The molecule has 5 rings (SSSR count). The summed E-state index contributed by atoms with van der Waals surface area (Å²) in [6, 6.07) is 17.1. The third-order valence-electron chi connectivity index (χ3n) is 7.63. The molecule has 12 heteroatoms. The van der Waals surface area contributed by atoms with Gasteiger partial charge in [-0.1, -0.05) is 62.2 Å². The number of unbranched alkanes of at least 4 members (excludes halogenated alkanes) is 2. The molecule has 0 spiro atoms. The first-order valence-electron chi connectivity index (χ1n) is 15.0. The van der Waals surface area contributed by atoms with E-state index < -0.39 is 69.7 Å². The van der Waals surface area contributed by atoms with Crippen LogP contribution >= 0.6 is 0 Å².